The highest BCUT2D eigenvalue weighted by Gasteiger charge is 2.31. The maximum atomic E-state index is 12.3. The second-order valence-electron chi connectivity index (χ2n) is 6.96. The van der Waals surface area contributed by atoms with E-state index in [0.29, 0.717) is 31.8 Å². The number of hydrogen-bond donors (Lipinski definition) is 1. The molecular formula is C15H27NO3. The number of carboxylic acid groups (broad SMARTS) is 1. The molecule has 1 fully saturated rings. The normalized spacial score (nSPS) is 20.7. The van der Waals surface area contributed by atoms with E-state index in [0.717, 1.165) is 12.8 Å². The predicted molar refractivity (Wildman–Crippen MR) is 74.8 cm³/mol. The van der Waals surface area contributed by atoms with Gasteiger partial charge in [-0.25, -0.2) is 0 Å². The first-order valence-corrected chi connectivity index (χ1v) is 7.22. The summed E-state index contributed by atoms with van der Waals surface area (Å²) in [6.07, 6.45) is 3.01. The lowest BCUT2D eigenvalue weighted by Gasteiger charge is -2.34. The molecule has 1 unspecified atom stereocenters. The van der Waals surface area contributed by atoms with Crippen molar-refractivity contribution in [1.29, 1.82) is 0 Å². The number of likely N-dealkylation sites (tertiary alicyclic amines) is 1. The van der Waals surface area contributed by atoms with Gasteiger partial charge in [0.05, 0.1) is 5.92 Å². The van der Waals surface area contributed by atoms with Gasteiger partial charge in [0.1, 0.15) is 0 Å². The summed E-state index contributed by atoms with van der Waals surface area (Å²) in [5, 5.41) is 9.05. The standard InChI is InChI=1S/C15H27NO3/c1-11(2)8-15(3,4)9-13(17)16-7-5-6-12(10-16)14(18)19/h11-12H,5-10H2,1-4H3,(H,18,19). The third-order valence-electron chi connectivity index (χ3n) is 3.71. The molecule has 0 radical (unpaired) electrons. The number of carbonyl (C=O) groups is 2. The number of nitrogens with zero attached hydrogens (tertiary/aromatic N) is 1. The fraction of sp³-hybridized carbons (Fsp3) is 0.867. The average Bonchev–Trinajstić information content (AvgIpc) is 2.26. The molecule has 1 rings (SSSR count). The Bertz CT molecular complexity index is 336. The van der Waals surface area contributed by atoms with Crippen LogP contribution in [0.25, 0.3) is 0 Å². The smallest absolute Gasteiger partial charge is 0.308 e. The van der Waals surface area contributed by atoms with E-state index < -0.39 is 5.97 Å². The summed E-state index contributed by atoms with van der Waals surface area (Å²) in [7, 11) is 0. The molecule has 4 heteroatoms. The molecule has 0 aromatic rings. The average molecular weight is 269 g/mol. The highest BCUT2D eigenvalue weighted by molar-refractivity contribution is 5.78. The van der Waals surface area contributed by atoms with E-state index in [1.54, 1.807) is 4.90 Å². The van der Waals surface area contributed by atoms with Gasteiger partial charge in [-0.2, -0.15) is 0 Å². The van der Waals surface area contributed by atoms with Crippen molar-refractivity contribution in [3.8, 4) is 0 Å². The molecule has 4 nitrogen and oxygen atoms in total. The Hall–Kier alpha value is -1.06. The summed E-state index contributed by atoms with van der Waals surface area (Å²) in [5.74, 6) is -0.489. The van der Waals surface area contributed by atoms with Crippen molar-refractivity contribution in [2.45, 2.75) is 53.4 Å². The van der Waals surface area contributed by atoms with Gasteiger partial charge in [0.25, 0.3) is 0 Å². The number of aliphatic carboxylic acids is 1. The SMILES string of the molecule is CC(C)CC(C)(C)CC(=O)N1CCCC(C(=O)O)C1. The highest BCUT2D eigenvalue weighted by atomic mass is 16.4. The number of carbonyl (C=O) groups excluding carboxylic acids is 1. The molecule has 0 aromatic heterocycles. The third kappa shape index (κ3) is 5.21. The molecule has 1 heterocycles. The first-order chi connectivity index (χ1) is 8.71. The Morgan fingerprint density at radius 1 is 1.37 bits per heavy atom. The lowest BCUT2D eigenvalue weighted by atomic mass is 9.80. The van der Waals surface area contributed by atoms with Gasteiger partial charge in [-0.15, -0.1) is 0 Å². The molecule has 0 aromatic carbocycles. The Kier molecular flexibility index (Phi) is 5.39. The first kappa shape index (κ1) is 16.0. The van der Waals surface area contributed by atoms with E-state index in [2.05, 4.69) is 27.7 Å². The maximum Gasteiger partial charge on any atom is 0.308 e. The van der Waals surface area contributed by atoms with Crippen molar-refractivity contribution in [2.24, 2.45) is 17.3 Å². The molecule has 0 aliphatic carbocycles. The Labute approximate surface area is 116 Å². The fourth-order valence-corrected chi connectivity index (χ4v) is 3.10. The van der Waals surface area contributed by atoms with Gasteiger partial charge >= 0.3 is 5.97 Å². The Balaban J connectivity index is 2.55. The van der Waals surface area contributed by atoms with E-state index >= 15 is 0 Å². The molecule has 110 valence electrons. The monoisotopic (exact) mass is 269 g/mol. The molecule has 1 atom stereocenters. The van der Waals surface area contributed by atoms with Crippen LogP contribution in [0.15, 0.2) is 0 Å². The summed E-state index contributed by atoms with van der Waals surface area (Å²) in [5.41, 5.74) is -0.0125. The minimum absolute atomic E-state index is 0.0125. The molecule has 1 aliphatic heterocycles. The van der Waals surface area contributed by atoms with Crippen molar-refractivity contribution in [3.05, 3.63) is 0 Å². The van der Waals surface area contributed by atoms with E-state index in [1.165, 1.54) is 0 Å². The van der Waals surface area contributed by atoms with Crippen LogP contribution in [0.4, 0.5) is 0 Å². The van der Waals surface area contributed by atoms with E-state index in [-0.39, 0.29) is 17.2 Å². The molecule has 19 heavy (non-hydrogen) atoms. The lowest BCUT2D eigenvalue weighted by molar-refractivity contribution is -0.146. The van der Waals surface area contributed by atoms with Crippen LogP contribution >= 0.6 is 0 Å². The molecule has 1 N–H and O–H groups in total. The van der Waals surface area contributed by atoms with Crippen LogP contribution in [0, 0.1) is 17.3 Å². The summed E-state index contributed by atoms with van der Waals surface area (Å²) in [4.78, 5) is 25.1. The Morgan fingerprint density at radius 2 is 2.00 bits per heavy atom. The molecule has 0 spiro atoms. The minimum atomic E-state index is -0.779. The van der Waals surface area contributed by atoms with Crippen LogP contribution in [-0.2, 0) is 9.59 Å². The number of hydrogen-bond acceptors (Lipinski definition) is 2. The zero-order valence-corrected chi connectivity index (χ0v) is 12.6. The van der Waals surface area contributed by atoms with Crippen molar-refractivity contribution in [2.75, 3.05) is 13.1 Å². The second-order valence-corrected chi connectivity index (χ2v) is 6.96. The number of amides is 1. The largest absolute Gasteiger partial charge is 0.481 e. The molecular weight excluding hydrogens is 242 g/mol. The Morgan fingerprint density at radius 3 is 2.53 bits per heavy atom. The summed E-state index contributed by atoms with van der Waals surface area (Å²) >= 11 is 0. The second kappa shape index (κ2) is 6.40. The zero-order valence-electron chi connectivity index (χ0n) is 12.6. The highest BCUT2D eigenvalue weighted by Crippen LogP contribution is 2.30. The van der Waals surface area contributed by atoms with Crippen molar-refractivity contribution in [1.82, 2.24) is 4.90 Å². The molecule has 1 amide bonds. The topological polar surface area (TPSA) is 57.6 Å². The van der Waals surface area contributed by atoms with Gasteiger partial charge in [-0.05, 0) is 30.6 Å². The van der Waals surface area contributed by atoms with Crippen LogP contribution < -0.4 is 0 Å². The van der Waals surface area contributed by atoms with E-state index in [9.17, 15) is 9.59 Å². The third-order valence-corrected chi connectivity index (χ3v) is 3.71. The van der Waals surface area contributed by atoms with Crippen LogP contribution in [0.2, 0.25) is 0 Å². The van der Waals surface area contributed by atoms with E-state index in [4.69, 9.17) is 5.11 Å². The van der Waals surface area contributed by atoms with Gasteiger partial charge in [0.2, 0.25) is 5.91 Å². The van der Waals surface area contributed by atoms with Gasteiger partial charge in [0.15, 0.2) is 0 Å². The van der Waals surface area contributed by atoms with Gasteiger partial charge in [-0.3, -0.25) is 9.59 Å². The molecule has 0 saturated carbocycles. The van der Waals surface area contributed by atoms with Crippen molar-refractivity contribution < 1.29 is 14.7 Å². The van der Waals surface area contributed by atoms with Crippen LogP contribution in [-0.4, -0.2) is 35.0 Å². The van der Waals surface area contributed by atoms with Gasteiger partial charge in [0, 0.05) is 19.5 Å². The molecule has 1 saturated heterocycles. The number of carboxylic acids is 1. The minimum Gasteiger partial charge on any atom is -0.481 e. The van der Waals surface area contributed by atoms with Crippen LogP contribution in [0.1, 0.15) is 53.4 Å². The number of piperidine rings is 1. The van der Waals surface area contributed by atoms with Crippen molar-refractivity contribution in [3.63, 3.8) is 0 Å². The molecule has 0 bridgehead atoms. The maximum absolute atomic E-state index is 12.3. The van der Waals surface area contributed by atoms with Gasteiger partial charge < -0.3 is 10.0 Å². The predicted octanol–water partition coefficient (Wildman–Crippen LogP) is 2.77. The van der Waals surface area contributed by atoms with Crippen molar-refractivity contribution >= 4 is 11.9 Å². The fourth-order valence-electron chi connectivity index (χ4n) is 3.10. The zero-order chi connectivity index (χ0) is 14.6. The summed E-state index contributed by atoms with van der Waals surface area (Å²) < 4.78 is 0. The van der Waals surface area contributed by atoms with Crippen LogP contribution in [0.5, 0.6) is 0 Å². The summed E-state index contributed by atoms with van der Waals surface area (Å²) in [6.45, 7) is 9.64. The quantitative estimate of drug-likeness (QED) is 0.835. The van der Waals surface area contributed by atoms with Crippen LogP contribution in [0.3, 0.4) is 0 Å². The molecule has 1 aliphatic rings. The lowest BCUT2D eigenvalue weighted by Crippen LogP contribution is -2.43. The number of rotatable bonds is 5. The first-order valence-electron chi connectivity index (χ1n) is 7.22. The van der Waals surface area contributed by atoms with E-state index in [1.807, 2.05) is 0 Å². The summed E-state index contributed by atoms with van der Waals surface area (Å²) in [6, 6.07) is 0. The van der Waals surface area contributed by atoms with Gasteiger partial charge in [-0.1, -0.05) is 27.7 Å².